The Labute approximate surface area is 170 Å². The van der Waals surface area contributed by atoms with Crippen LogP contribution >= 0.6 is 0 Å². The maximum Gasteiger partial charge on any atom is 0.274 e. The van der Waals surface area contributed by atoms with Crippen LogP contribution in [0.5, 0.6) is 0 Å². The number of rotatable bonds is 3. The molecule has 5 rings (SSSR count). The fourth-order valence-corrected chi connectivity index (χ4v) is 4.47. The number of hydrogen-bond acceptors (Lipinski definition) is 4. The number of hydrogen-bond donors (Lipinski definition) is 1. The molecule has 29 heavy (non-hydrogen) atoms. The van der Waals surface area contributed by atoms with Crippen LogP contribution in [-0.4, -0.2) is 64.5 Å². The van der Waals surface area contributed by atoms with Crippen molar-refractivity contribution < 1.29 is 9.59 Å². The number of fused-ring (bicyclic) bond motifs is 1. The van der Waals surface area contributed by atoms with Crippen molar-refractivity contribution in [2.24, 2.45) is 5.92 Å². The number of nitrogens with zero attached hydrogens (tertiary/aromatic N) is 4. The van der Waals surface area contributed by atoms with Gasteiger partial charge in [-0.15, -0.1) is 0 Å². The van der Waals surface area contributed by atoms with Gasteiger partial charge in [0, 0.05) is 68.6 Å². The predicted molar refractivity (Wildman–Crippen MR) is 110 cm³/mol. The molecule has 0 radical (unpaired) electrons. The molecule has 0 bridgehead atoms. The fourth-order valence-electron chi connectivity index (χ4n) is 4.47. The normalized spacial score (nSPS) is 19.3. The molecule has 2 aromatic rings. The van der Waals surface area contributed by atoms with Gasteiger partial charge in [0.2, 0.25) is 5.91 Å². The van der Waals surface area contributed by atoms with Crippen LogP contribution in [0.2, 0.25) is 0 Å². The second-order valence-electron chi connectivity index (χ2n) is 8.38. The Morgan fingerprint density at radius 2 is 1.79 bits per heavy atom. The number of H-pyrrole nitrogens is 1. The van der Waals surface area contributed by atoms with Gasteiger partial charge >= 0.3 is 0 Å². The summed E-state index contributed by atoms with van der Waals surface area (Å²) in [4.78, 5) is 31.8. The topological polar surface area (TPSA) is 72.5 Å². The number of benzene rings is 1. The molecular weight excluding hydrogens is 366 g/mol. The van der Waals surface area contributed by atoms with Crippen LogP contribution in [0.3, 0.4) is 0 Å². The van der Waals surface area contributed by atoms with Gasteiger partial charge in [-0.2, -0.15) is 5.10 Å². The Bertz CT molecular complexity index is 940. The van der Waals surface area contributed by atoms with Crippen LogP contribution in [0.15, 0.2) is 24.3 Å². The average molecular weight is 393 g/mol. The summed E-state index contributed by atoms with van der Waals surface area (Å²) in [5.41, 5.74) is 4.92. The molecule has 0 unspecified atom stereocenters. The summed E-state index contributed by atoms with van der Waals surface area (Å²) in [6, 6.07) is 8.38. The molecule has 152 valence electrons. The van der Waals surface area contributed by atoms with Crippen molar-refractivity contribution in [1.29, 1.82) is 0 Å². The van der Waals surface area contributed by atoms with E-state index in [9.17, 15) is 9.59 Å². The van der Waals surface area contributed by atoms with Gasteiger partial charge in [0.15, 0.2) is 5.69 Å². The minimum Gasteiger partial charge on any atom is -0.368 e. The van der Waals surface area contributed by atoms with E-state index in [1.807, 2.05) is 9.80 Å². The zero-order valence-corrected chi connectivity index (χ0v) is 16.9. The zero-order valence-electron chi connectivity index (χ0n) is 16.9. The number of aromatic nitrogens is 2. The summed E-state index contributed by atoms with van der Waals surface area (Å²) in [7, 11) is 0. The van der Waals surface area contributed by atoms with E-state index in [0.29, 0.717) is 31.9 Å². The number of carbonyl (C=O) groups is 2. The average Bonchev–Trinajstić information content (AvgIpc) is 3.52. The summed E-state index contributed by atoms with van der Waals surface area (Å²) in [5, 5.41) is 7.40. The second-order valence-corrected chi connectivity index (χ2v) is 8.38. The zero-order chi connectivity index (χ0) is 20.0. The van der Waals surface area contributed by atoms with Gasteiger partial charge in [0.1, 0.15) is 0 Å². The maximum atomic E-state index is 13.2. The summed E-state index contributed by atoms with van der Waals surface area (Å²) in [6.45, 7) is 6.33. The third-order valence-corrected chi connectivity index (χ3v) is 6.40. The van der Waals surface area contributed by atoms with E-state index in [2.05, 4.69) is 46.3 Å². The number of carbonyl (C=O) groups excluding carboxylic acids is 2. The molecule has 7 nitrogen and oxygen atoms in total. The Hall–Kier alpha value is -2.83. The number of piperazine rings is 1. The van der Waals surface area contributed by atoms with Gasteiger partial charge < -0.3 is 14.7 Å². The molecule has 7 heteroatoms. The highest BCUT2D eigenvalue weighted by Crippen LogP contribution is 2.33. The molecular formula is C22H27N5O2. The van der Waals surface area contributed by atoms with Crippen LogP contribution < -0.4 is 4.90 Å². The molecule has 2 fully saturated rings. The molecule has 2 amide bonds. The van der Waals surface area contributed by atoms with Crippen molar-refractivity contribution in [3.63, 3.8) is 0 Å². The minimum absolute atomic E-state index is 0.0207. The van der Waals surface area contributed by atoms with Gasteiger partial charge in [-0.3, -0.25) is 14.7 Å². The quantitative estimate of drug-likeness (QED) is 0.866. The van der Waals surface area contributed by atoms with Gasteiger partial charge in [0.05, 0.1) is 0 Å². The van der Waals surface area contributed by atoms with Gasteiger partial charge in [-0.05, 0) is 31.4 Å². The molecule has 1 aliphatic carbocycles. The maximum absolute atomic E-state index is 13.2. The van der Waals surface area contributed by atoms with Crippen molar-refractivity contribution in [3.05, 3.63) is 46.8 Å². The lowest BCUT2D eigenvalue weighted by atomic mass is 10.0. The largest absolute Gasteiger partial charge is 0.368 e. The van der Waals surface area contributed by atoms with E-state index in [-0.39, 0.29) is 17.7 Å². The lowest BCUT2D eigenvalue weighted by molar-refractivity contribution is -0.133. The molecule has 0 atom stereocenters. The molecule has 1 saturated carbocycles. The first-order valence-corrected chi connectivity index (χ1v) is 10.6. The minimum atomic E-state index is -0.0207. The SMILES string of the molecule is Cc1ccccc1N1CCN(C(=O)c2n[nH]c3c2CN(C(=O)C2CC2)CC3)CC1. The lowest BCUT2D eigenvalue weighted by Gasteiger charge is -2.36. The van der Waals surface area contributed by atoms with Gasteiger partial charge in [-0.1, -0.05) is 18.2 Å². The highest BCUT2D eigenvalue weighted by atomic mass is 16.2. The Balaban J connectivity index is 1.27. The molecule has 1 N–H and O–H groups in total. The first-order chi connectivity index (χ1) is 14.1. The molecule has 3 heterocycles. The highest BCUT2D eigenvalue weighted by molar-refractivity contribution is 5.94. The number of nitrogens with one attached hydrogen (secondary N) is 1. The molecule has 0 spiro atoms. The molecule has 1 aromatic heterocycles. The van der Waals surface area contributed by atoms with Crippen LogP contribution in [0.4, 0.5) is 5.69 Å². The molecule has 2 aliphatic heterocycles. The summed E-state index contributed by atoms with van der Waals surface area (Å²) >= 11 is 0. The molecule has 1 aromatic carbocycles. The van der Waals surface area contributed by atoms with Crippen molar-refractivity contribution in [2.75, 3.05) is 37.6 Å². The summed E-state index contributed by atoms with van der Waals surface area (Å²) < 4.78 is 0. The molecule has 1 saturated heterocycles. The number of aryl methyl sites for hydroxylation is 1. The number of anilines is 1. The Morgan fingerprint density at radius 3 is 2.52 bits per heavy atom. The van der Waals surface area contributed by atoms with E-state index in [0.717, 1.165) is 43.6 Å². The van der Waals surface area contributed by atoms with Crippen molar-refractivity contribution >= 4 is 17.5 Å². The van der Waals surface area contributed by atoms with Crippen LogP contribution in [-0.2, 0) is 17.8 Å². The van der Waals surface area contributed by atoms with Crippen molar-refractivity contribution in [3.8, 4) is 0 Å². The monoisotopic (exact) mass is 393 g/mol. The predicted octanol–water partition coefficient (Wildman–Crippen LogP) is 1.98. The fraction of sp³-hybridized carbons (Fsp3) is 0.500. The summed E-state index contributed by atoms with van der Waals surface area (Å²) in [5.74, 6) is 0.423. The van der Waals surface area contributed by atoms with E-state index >= 15 is 0 Å². The standard InChI is InChI=1S/C22H27N5O2/c1-15-4-2-3-5-19(15)25-10-12-26(13-11-25)22(29)20-17-14-27(21(28)16-6-7-16)9-8-18(17)23-24-20/h2-5,16H,6-14H2,1H3,(H,23,24). The third-order valence-electron chi connectivity index (χ3n) is 6.40. The van der Waals surface area contributed by atoms with Crippen LogP contribution in [0, 0.1) is 12.8 Å². The van der Waals surface area contributed by atoms with E-state index in [1.54, 1.807) is 0 Å². The van der Waals surface area contributed by atoms with Crippen LogP contribution in [0.25, 0.3) is 0 Å². The second kappa shape index (κ2) is 7.21. The third kappa shape index (κ3) is 3.39. The number of amides is 2. The Kier molecular flexibility index (Phi) is 4.53. The lowest BCUT2D eigenvalue weighted by Crippen LogP contribution is -2.49. The smallest absolute Gasteiger partial charge is 0.274 e. The van der Waals surface area contributed by atoms with Gasteiger partial charge in [0.25, 0.3) is 5.91 Å². The first kappa shape index (κ1) is 18.2. The van der Waals surface area contributed by atoms with E-state index in [1.165, 1.54) is 11.3 Å². The van der Waals surface area contributed by atoms with Crippen LogP contribution in [0.1, 0.15) is 40.2 Å². The van der Waals surface area contributed by atoms with Gasteiger partial charge in [-0.25, -0.2) is 0 Å². The number of para-hydroxylation sites is 1. The molecule has 3 aliphatic rings. The van der Waals surface area contributed by atoms with E-state index < -0.39 is 0 Å². The summed E-state index contributed by atoms with van der Waals surface area (Å²) in [6.07, 6.45) is 2.75. The highest BCUT2D eigenvalue weighted by Gasteiger charge is 2.37. The first-order valence-electron chi connectivity index (χ1n) is 10.6. The van der Waals surface area contributed by atoms with Crippen molar-refractivity contribution in [1.82, 2.24) is 20.0 Å². The van der Waals surface area contributed by atoms with Crippen molar-refractivity contribution in [2.45, 2.75) is 32.7 Å². The number of aromatic amines is 1. The Morgan fingerprint density at radius 1 is 1.03 bits per heavy atom. The van der Waals surface area contributed by atoms with E-state index in [4.69, 9.17) is 0 Å².